The van der Waals surface area contributed by atoms with Crippen LogP contribution in [0.2, 0.25) is 0 Å². The summed E-state index contributed by atoms with van der Waals surface area (Å²) >= 11 is 1.89. The van der Waals surface area contributed by atoms with Crippen LogP contribution in [0.3, 0.4) is 0 Å². The number of nitrogens with zero attached hydrogens (tertiary/aromatic N) is 2. The third kappa shape index (κ3) is 43.8. The topological polar surface area (TPSA) is 142 Å². The summed E-state index contributed by atoms with van der Waals surface area (Å²) in [5.41, 5.74) is 0. The first kappa shape index (κ1) is 65.8. The second-order valence-corrected chi connectivity index (χ2v) is 22.1. The maximum absolute atomic E-state index is 13.1. The van der Waals surface area contributed by atoms with E-state index in [0.717, 1.165) is 74.9 Å². The van der Waals surface area contributed by atoms with E-state index in [0.29, 0.717) is 76.5 Å². The molecule has 0 spiro atoms. The van der Waals surface area contributed by atoms with Gasteiger partial charge in [-0.1, -0.05) is 257 Å². The maximum Gasteiger partial charge on any atom is 0.226 e. The van der Waals surface area contributed by atoms with Gasteiger partial charge in [-0.15, -0.1) is 0 Å². The first-order valence-corrected chi connectivity index (χ1v) is 30.2. The first-order valence-electron chi connectivity index (χ1n) is 28.3. The summed E-state index contributed by atoms with van der Waals surface area (Å²) in [6.45, 7) is 11.6. The molecule has 0 saturated heterocycles. The minimum absolute atomic E-state index is 0.351. The van der Waals surface area contributed by atoms with Crippen molar-refractivity contribution in [3.05, 3.63) is 0 Å². The third-order valence-electron chi connectivity index (χ3n) is 13.2. The quantitative estimate of drug-likeness (QED) is 0.0294. The van der Waals surface area contributed by atoms with Crippen molar-refractivity contribution in [2.24, 2.45) is 0 Å². The van der Waals surface area contributed by atoms with Crippen LogP contribution in [0, 0.1) is 0 Å². The van der Waals surface area contributed by atoms with Crippen LogP contribution in [0.15, 0.2) is 0 Å². The second kappa shape index (κ2) is 49.7. The predicted molar refractivity (Wildman–Crippen MR) is 287 cm³/mol. The van der Waals surface area contributed by atoms with Crippen LogP contribution in [0.25, 0.3) is 0 Å². The van der Waals surface area contributed by atoms with E-state index < -0.39 is 40.8 Å². The maximum atomic E-state index is 13.1. The Kier molecular flexibility index (Phi) is 49.5. The fourth-order valence-electron chi connectivity index (χ4n) is 8.93. The lowest BCUT2D eigenvalue weighted by Gasteiger charge is -2.27. The van der Waals surface area contributed by atoms with Crippen LogP contribution in [0.4, 0.5) is 0 Å². The van der Waals surface area contributed by atoms with Crippen molar-refractivity contribution < 1.29 is 35.1 Å². The van der Waals surface area contributed by atoms with Gasteiger partial charge in [-0.25, -0.2) is 0 Å². The molecule has 0 rings (SSSR count). The van der Waals surface area contributed by atoms with E-state index in [-0.39, 0.29) is 0 Å². The molecule has 0 heterocycles. The Bertz CT molecular complexity index is 911. The van der Waals surface area contributed by atoms with Gasteiger partial charge in [-0.2, -0.15) is 0 Å². The smallest absolute Gasteiger partial charge is 0.226 e. The molecule has 5 N–H and O–H groups in total. The molecule has 4 atom stereocenters. The zero-order valence-corrected chi connectivity index (χ0v) is 45.4. The third-order valence-corrected chi connectivity index (χ3v) is 15.0. The van der Waals surface area contributed by atoms with E-state index in [2.05, 4.69) is 37.5 Å². The number of hydrogen-bond donors (Lipinski definition) is 5. The van der Waals surface area contributed by atoms with Crippen LogP contribution in [0.1, 0.15) is 259 Å². The molecule has 0 aliphatic rings. The van der Waals surface area contributed by atoms with Gasteiger partial charge in [0.2, 0.25) is 10.2 Å². The Labute approximate surface area is 417 Å². The van der Waals surface area contributed by atoms with E-state index in [1.165, 1.54) is 154 Å². The lowest BCUT2D eigenvalue weighted by Crippen LogP contribution is -2.40. The fourth-order valence-corrected chi connectivity index (χ4v) is 10.6. The first-order chi connectivity index (χ1) is 32.1. The van der Waals surface area contributed by atoms with Gasteiger partial charge in [0.05, 0.1) is 24.4 Å². The zero-order valence-electron chi connectivity index (χ0n) is 43.8. The number of aliphatic hydroxyl groups excluding tert-OH is 5. The van der Waals surface area contributed by atoms with Gasteiger partial charge in [0.1, 0.15) is 0 Å². The number of unbranched alkanes of at least 4 members (excludes halogenated alkanes) is 28. The zero-order chi connectivity index (χ0) is 48.7. The summed E-state index contributed by atoms with van der Waals surface area (Å²) in [5, 5.41) is 53.6. The molecule has 0 radical (unpaired) electrons. The summed E-state index contributed by atoms with van der Waals surface area (Å²) < 4.78 is 0. The molecule has 0 amide bonds. The van der Waals surface area contributed by atoms with Crippen molar-refractivity contribution in [2.45, 2.75) is 289 Å². The molecular weight excluding hydrogens is 865 g/mol. The molecule has 0 aliphatic heterocycles. The van der Waals surface area contributed by atoms with Gasteiger partial charge in [0, 0.05) is 50.8 Å². The van der Waals surface area contributed by atoms with Crippen molar-refractivity contribution in [1.29, 1.82) is 0 Å². The number of hydrogen-bond acceptors (Lipinski definition) is 11. The molecule has 0 bridgehead atoms. The molecule has 0 aromatic heterocycles. The van der Waals surface area contributed by atoms with Crippen LogP contribution in [-0.2, 0) is 9.59 Å². The molecule has 66 heavy (non-hydrogen) atoms. The predicted octanol–water partition coefficient (Wildman–Crippen LogP) is 13.0. The molecule has 9 nitrogen and oxygen atoms in total. The lowest BCUT2D eigenvalue weighted by atomic mass is 10.0. The van der Waals surface area contributed by atoms with Crippen molar-refractivity contribution in [1.82, 2.24) is 9.80 Å². The van der Waals surface area contributed by atoms with E-state index in [1.807, 2.05) is 0 Å². The van der Waals surface area contributed by atoms with Crippen LogP contribution >= 0.6 is 23.5 Å². The number of rotatable bonds is 52. The van der Waals surface area contributed by atoms with Crippen molar-refractivity contribution in [3.63, 3.8) is 0 Å². The fraction of sp³-hybridized carbons (Fsp3) is 0.964. The van der Waals surface area contributed by atoms with Crippen LogP contribution < -0.4 is 0 Å². The highest BCUT2D eigenvalue weighted by atomic mass is 32.2. The highest BCUT2D eigenvalue weighted by Crippen LogP contribution is 2.19. The van der Waals surface area contributed by atoms with Gasteiger partial charge in [-0.05, 0) is 25.7 Å². The van der Waals surface area contributed by atoms with Gasteiger partial charge in [-0.3, -0.25) is 19.4 Å². The molecule has 11 heteroatoms. The Morgan fingerprint density at radius 1 is 0.333 bits per heavy atom. The van der Waals surface area contributed by atoms with Crippen molar-refractivity contribution in [3.8, 4) is 0 Å². The van der Waals surface area contributed by atoms with E-state index >= 15 is 0 Å². The summed E-state index contributed by atoms with van der Waals surface area (Å²) in [7, 11) is 0. The lowest BCUT2D eigenvalue weighted by molar-refractivity contribution is -0.128. The number of thioether (sulfide) groups is 2. The minimum atomic E-state index is -1.73. The van der Waals surface area contributed by atoms with Crippen LogP contribution in [-0.4, -0.2) is 127 Å². The molecule has 4 unspecified atom stereocenters. The van der Waals surface area contributed by atoms with Crippen molar-refractivity contribution in [2.75, 3.05) is 50.8 Å². The second-order valence-electron chi connectivity index (χ2n) is 19.9. The highest BCUT2D eigenvalue weighted by Gasteiger charge is 2.26. The van der Waals surface area contributed by atoms with Gasteiger partial charge < -0.3 is 25.5 Å². The number of carbonyl (C=O) groups excluding carboxylic acids is 2. The van der Waals surface area contributed by atoms with E-state index in [1.54, 1.807) is 0 Å². The SMILES string of the molecule is CCCCCCCCCCC(O)CN(CCSC(=O)C(O)C(=O)SCCN(CC(O)CCCCCCCCCC)CC(O)CCCCCCCCCC)CC(O)CCCCCCCCCC. The Morgan fingerprint density at radius 3 is 0.742 bits per heavy atom. The standard InChI is InChI=1S/C55H110N2O7S2/c1-5-9-13-17-21-25-29-33-37-49(58)45-56(46-50(59)38-34-30-26-22-18-14-10-6-2)41-43-65-54(63)53(62)55(64)66-44-42-57(47-51(60)39-35-31-27-23-19-15-11-7-3)48-52(61)40-36-32-28-24-20-16-12-8-4/h49-53,58-62H,5-48H2,1-4H3. The molecule has 0 aliphatic carbocycles. The highest BCUT2D eigenvalue weighted by molar-refractivity contribution is 8.16. The Balaban J connectivity index is 5.10. The van der Waals surface area contributed by atoms with E-state index in [9.17, 15) is 35.1 Å². The van der Waals surface area contributed by atoms with Gasteiger partial charge in [0.25, 0.3) is 0 Å². The number of carbonyl (C=O) groups is 2. The normalized spacial score (nSPS) is 14.3. The largest absolute Gasteiger partial charge is 0.392 e. The monoisotopic (exact) mass is 975 g/mol. The molecule has 0 aromatic rings. The summed E-state index contributed by atoms with van der Waals surface area (Å²) in [6.07, 6.45) is 37.7. The molecule has 394 valence electrons. The summed E-state index contributed by atoms with van der Waals surface area (Å²) in [6, 6.07) is 0. The summed E-state index contributed by atoms with van der Waals surface area (Å²) in [4.78, 5) is 30.3. The summed E-state index contributed by atoms with van der Waals surface area (Å²) in [5.74, 6) is 0.703. The average Bonchev–Trinajstić information content (AvgIpc) is 3.29. The molecule has 0 fully saturated rings. The van der Waals surface area contributed by atoms with Crippen LogP contribution in [0.5, 0.6) is 0 Å². The molecular formula is C55H110N2O7S2. The Hall–Kier alpha value is -0.240. The van der Waals surface area contributed by atoms with Crippen molar-refractivity contribution >= 4 is 33.8 Å². The Morgan fingerprint density at radius 2 is 0.530 bits per heavy atom. The average molecular weight is 976 g/mol. The van der Waals surface area contributed by atoms with Gasteiger partial charge in [0.15, 0.2) is 6.10 Å². The van der Waals surface area contributed by atoms with Gasteiger partial charge >= 0.3 is 0 Å². The number of aliphatic hydroxyl groups is 5. The molecule has 0 saturated carbocycles. The van der Waals surface area contributed by atoms with E-state index in [4.69, 9.17) is 0 Å². The molecule has 0 aromatic carbocycles. The minimum Gasteiger partial charge on any atom is -0.392 e.